The standard InChI is InChI=1S/C6H6O8S2/c7-3-1-4(8)6(16(12,13)14)2-5(3)15(9,10)11/h1-2,7-8H,(H,9,10,11)(H,12,13,14). The van der Waals surface area contributed by atoms with E-state index in [1.54, 1.807) is 0 Å². The lowest BCUT2D eigenvalue weighted by molar-refractivity contribution is 0.418. The van der Waals surface area contributed by atoms with Gasteiger partial charge in [0, 0.05) is 6.07 Å². The lowest BCUT2D eigenvalue weighted by atomic mass is 10.3. The minimum absolute atomic E-state index is 0.231. The van der Waals surface area contributed by atoms with Crippen LogP contribution in [0.2, 0.25) is 0 Å². The van der Waals surface area contributed by atoms with Gasteiger partial charge in [0.25, 0.3) is 20.2 Å². The normalized spacial score (nSPS) is 12.6. The van der Waals surface area contributed by atoms with E-state index in [0.29, 0.717) is 6.07 Å². The first-order valence-corrected chi connectivity index (χ1v) is 6.42. The fraction of sp³-hybridized carbons (Fsp3) is 0. The van der Waals surface area contributed by atoms with Crippen molar-refractivity contribution in [3.8, 4) is 11.5 Å². The zero-order valence-electron chi connectivity index (χ0n) is 7.39. The van der Waals surface area contributed by atoms with Gasteiger partial charge in [0.2, 0.25) is 0 Å². The second kappa shape index (κ2) is 3.59. The van der Waals surface area contributed by atoms with E-state index >= 15 is 0 Å². The van der Waals surface area contributed by atoms with Gasteiger partial charge < -0.3 is 10.2 Å². The molecular formula is C6H6O8S2. The van der Waals surface area contributed by atoms with Crippen molar-refractivity contribution in [2.45, 2.75) is 9.79 Å². The molecule has 0 aliphatic carbocycles. The van der Waals surface area contributed by atoms with Crippen LogP contribution in [0.4, 0.5) is 0 Å². The summed E-state index contributed by atoms with van der Waals surface area (Å²) in [6.45, 7) is 0. The second-order valence-corrected chi connectivity index (χ2v) is 5.52. The first-order chi connectivity index (χ1) is 7.03. The molecule has 10 heteroatoms. The van der Waals surface area contributed by atoms with E-state index in [4.69, 9.17) is 19.3 Å². The van der Waals surface area contributed by atoms with Gasteiger partial charge in [-0.2, -0.15) is 16.8 Å². The summed E-state index contributed by atoms with van der Waals surface area (Å²) in [7, 11) is -9.74. The van der Waals surface area contributed by atoms with Gasteiger partial charge in [-0.25, -0.2) is 0 Å². The molecule has 1 aromatic carbocycles. The van der Waals surface area contributed by atoms with Crippen molar-refractivity contribution < 1.29 is 36.2 Å². The maximum atomic E-state index is 10.7. The number of aromatic hydroxyl groups is 2. The third-order valence-electron chi connectivity index (χ3n) is 1.60. The number of phenols is 2. The Balaban J connectivity index is 3.72. The molecule has 0 atom stereocenters. The smallest absolute Gasteiger partial charge is 0.298 e. The molecule has 4 N–H and O–H groups in total. The van der Waals surface area contributed by atoms with E-state index in [2.05, 4.69) is 0 Å². The summed E-state index contributed by atoms with van der Waals surface area (Å²) < 4.78 is 59.9. The summed E-state index contributed by atoms with van der Waals surface area (Å²) in [5, 5.41) is 18.1. The van der Waals surface area contributed by atoms with Gasteiger partial charge in [0.1, 0.15) is 21.3 Å². The van der Waals surface area contributed by atoms with Crippen molar-refractivity contribution in [3.63, 3.8) is 0 Å². The molecule has 0 aliphatic rings. The molecule has 0 amide bonds. The van der Waals surface area contributed by atoms with Gasteiger partial charge in [-0.05, 0) is 6.07 Å². The number of phenolic OH excluding ortho intramolecular Hbond substituents is 2. The van der Waals surface area contributed by atoms with Crippen LogP contribution in [0.25, 0.3) is 0 Å². The van der Waals surface area contributed by atoms with Gasteiger partial charge in [0.15, 0.2) is 0 Å². The van der Waals surface area contributed by atoms with Crippen molar-refractivity contribution in [2.75, 3.05) is 0 Å². The van der Waals surface area contributed by atoms with Crippen LogP contribution in [0.5, 0.6) is 11.5 Å². The van der Waals surface area contributed by atoms with E-state index in [0.717, 1.165) is 0 Å². The van der Waals surface area contributed by atoms with E-state index < -0.39 is 41.5 Å². The predicted octanol–water partition coefficient (Wildman–Crippen LogP) is -0.409. The van der Waals surface area contributed by atoms with Gasteiger partial charge >= 0.3 is 0 Å². The molecule has 0 saturated heterocycles. The van der Waals surface area contributed by atoms with Gasteiger partial charge in [0.05, 0.1) is 0 Å². The first-order valence-electron chi connectivity index (χ1n) is 3.54. The molecule has 0 spiro atoms. The average Bonchev–Trinajstić information content (AvgIpc) is 1.97. The Kier molecular flexibility index (Phi) is 2.85. The lowest BCUT2D eigenvalue weighted by Crippen LogP contribution is -2.03. The molecule has 0 bridgehead atoms. The Morgan fingerprint density at radius 3 is 1.31 bits per heavy atom. The van der Waals surface area contributed by atoms with Crippen LogP contribution >= 0.6 is 0 Å². The zero-order valence-corrected chi connectivity index (χ0v) is 9.03. The highest BCUT2D eigenvalue weighted by Gasteiger charge is 2.24. The molecule has 0 unspecified atom stereocenters. The summed E-state index contributed by atoms with van der Waals surface area (Å²) in [6, 6.07) is 0.599. The van der Waals surface area contributed by atoms with E-state index in [1.807, 2.05) is 0 Å². The molecule has 1 aromatic rings. The van der Waals surface area contributed by atoms with Crippen LogP contribution in [0, 0.1) is 0 Å². The maximum Gasteiger partial charge on any atom is 0.298 e. The largest absolute Gasteiger partial charge is 0.506 e. The van der Waals surface area contributed by atoms with Crippen LogP contribution in [0.1, 0.15) is 0 Å². The lowest BCUT2D eigenvalue weighted by Gasteiger charge is -2.05. The van der Waals surface area contributed by atoms with E-state index in [1.165, 1.54) is 0 Å². The van der Waals surface area contributed by atoms with E-state index in [9.17, 15) is 16.8 Å². The third kappa shape index (κ3) is 2.41. The number of rotatable bonds is 2. The molecular weight excluding hydrogens is 264 g/mol. The van der Waals surface area contributed by atoms with Crippen LogP contribution in [-0.4, -0.2) is 36.2 Å². The van der Waals surface area contributed by atoms with Crippen molar-refractivity contribution in [2.24, 2.45) is 0 Å². The minimum atomic E-state index is -4.87. The maximum absolute atomic E-state index is 10.7. The Morgan fingerprint density at radius 1 is 0.750 bits per heavy atom. The molecule has 0 fully saturated rings. The topological polar surface area (TPSA) is 149 Å². The second-order valence-electron chi connectivity index (χ2n) is 2.74. The Morgan fingerprint density at radius 2 is 1.06 bits per heavy atom. The summed E-state index contributed by atoms with van der Waals surface area (Å²) in [5.74, 6) is -2.10. The fourth-order valence-electron chi connectivity index (χ4n) is 0.952. The van der Waals surface area contributed by atoms with Crippen LogP contribution in [-0.2, 0) is 20.2 Å². The highest BCUT2D eigenvalue weighted by Crippen LogP contribution is 2.32. The van der Waals surface area contributed by atoms with Crippen molar-refractivity contribution in [1.82, 2.24) is 0 Å². The summed E-state index contributed by atoms with van der Waals surface area (Å²) in [4.78, 5) is -2.28. The number of hydrogen-bond donors (Lipinski definition) is 4. The molecule has 0 aromatic heterocycles. The van der Waals surface area contributed by atoms with Crippen molar-refractivity contribution >= 4 is 20.2 Å². The summed E-state index contributed by atoms with van der Waals surface area (Å²) in [6.07, 6.45) is 0. The molecule has 0 heterocycles. The Bertz CT molecular complexity index is 573. The van der Waals surface area contributed by atoms with Crippen molar-refractivity contribution in [1.29, 1.82) is 0 Å². The molecule has 90 valence electrons. The van der Waals surface area contributed by atoms with Gasteiger partial charge in [-0.15, -0.1) is 0 Å². The summed E-state index contributed by atoms with van der Waals surface area (Å²) >= 11 is 0. The third-order valence-corrected chi connectivity index (χ3v) is 3.36. The predicted molar refractivity (Wildman–Crippen MR) is 49.4 cm³/mol. The number of benzene rings is 1. The van der Waals surface area contributed by atoms with E-state index in [-0.39, 0.29) is 6.07 Å². The molecule has 0 aliphatic heterocycles. The minimum Gasteiger partial charge on any atom is -0.506 e. The van der Waals surface area contributed by atoms with Crippen LogP contribution < -0.4 is 0 Å². The van der Waals surface area contributed by atoms with Crippen molar-refractivity contribution in [3.05, 3.63) is 12.1 Å². The Labute approximate surface area is 90.3 Å². The van der Waals surface area contributed by atoms with Crippen LogP contribution in [0.3, 0.4) is 0 Å². The fourth-order valence-corrected chi connectivity index (χ4v) is 2.21. The molecule has 16 heavy (non-hydrogen) atoms. The molecule has 0 saturated carbocycles. The van der Waals surface area contributed by atoms with Gasteiger partial charge in [-0.3, -0.25) is 9.11 Å². The highest BCUT2D eigenvalue weighted by molar-refractivity contribution is 7.86. The first kappa shape index (κ1) is 12.7. The SMILES string of the molecule is O=S(=O)(O)c1cc(S(=O)(=O)O)c(O)cc1O. The molecule has 0 radical (unpaired) electrons. The monoisotopic (exact) mass is 270 g/mol. The average molecular weight is 270 g/mol. The highest BCUT2D eigenvalue weighted by atomic mass is 32.2. The van der Waals surface area contributed by atoms with Crippen LogP contribution in [0.15, 0.2) is 21.9 Å². The molecule has 1 rings (SSSR count). The zero-order chi connectivity index (χ0) is 12.7. The Hall–Kier alpha value is -1.36. The van der Waals surface area contributed by atoms with Gasteiger partial charge in [-0.1, -0.05) is 0 Å². The number of hydrogen-bond acceptors (Lipinski definition) is 6. The summed E-state index contributed by atoms with van der Waals surface area (Å²) in [5.41, 5.74) is 0. The quantitative estimate of drug-likeness (QED) is 0.530. The molecule has 8 nitrogen and oxygen atoms in total.